The maximum Gasteiger partial charge on any atom is 0.318 e. The number of phenolic OH excluding ortho intramolecular Hbond substituents is 1. The molecule has 2 aliphatic heterocycles. The van der Waals surface area contributed by atoms with E-state index in [9.17, 15) is 9.90 Å². The first kappa shape index (κ1) is 28.4. The molecule has 3 aromatic heterocycles. The van der Waals surface area contributed by atoms with Crippen molar-refractivity contribution in [2.45, 2.75) is 31.2 Å². The minimum Gasteiger partial charge on any atom is -0.508 e. The first-order chi connectivity index (χ1) is 21.3. The molecule has 5 heterocycles. The quantitative estimate of drug-likeness (QED) is 0.313. The van der Waals surface area contributed by atoms with E-state index in [0.29, 0.717) is 66.2 Å². The molecule has 4 aromatic rings. The van der Waals surface area contributed by atoms with Gasteiger partial charge in [0.15, 0.2) is 5.82 Å². The number of anilines is 1. The van der Waals surface area contributed by atoms with Crippen LogP contribution in [0.1, 0.15) is 35.8 Å². The van der Waals surface area contributed by atoms with Gasteiger partial charge in [0.2, 0.25) is 5.91 Å². The van der Waals surface area contributed by atoms with Crippen LogP contribution in [-0.4, -0.2) is 86.3 Å². The van der Waals surface area contributed by atoms with Gasteiger partial charge in [-0.15, -0.1) is 0 Å². The van der Waals surface area contributed by atoms with E-state index in [1.165, 1.54) is 25.3 Å². The zero-order valence-corrected chi connectivity index (χ0v) is 24.9. The summed E-state index contributed by atoms with van der Waals surface area (Å²) in [6.07, 6.45) is 8.26. The minimum atomic E-state index is -0.659. The number of amides is 1. The molecule has 0 radical (unpaired) electrons. The summed E-state index contributed by atoms with van der Waals surface area (Å²) in [7, 11) is 1.43. The monoisotopic (exact) mass is 617 g/mol. The molecule has 1 spiro atoms. The lowest BCUT2D eigenvalue weighted by Crippen LogP contribution is -2.72. The van der Waals surface area contributed by atoms with Gasteiger partial charge in [-0.3, -0.25) is 9.78 Å². The third kappa shape index (κ3) is 4.97. The summed E-state index contributed by atoms with van der Waals surface area (Å²) >= 11 is 6.49. The summed E-state index contributed by atoms with van der Waals surface area (Å²) in [4.78, 5) is 39.1. The number of ether oxygens (including phenoxy) is 2. The number of methoxy groups -OCH3 is 1. The lowest BCUT2D eigenvalue weighted by molar-refractivity contribution is -0.164. The second kappa shape index (κ2) is 10.9. The molecule has 0 unspecified atom stereocenters. The summed E-state index contributed by atoms with van der Waals surface area (Å²) in [5.74, 6) is 0.379. The standard InChI is InChI=1S/C31H29ClFN7O4/c1-17-34-8-7-19(36-17)5-6-24(42)40-10-9-39(14-31(40)15-44-16-31)29-22-13-35-27(26(33)28(22)37-30(38-29)43-2)21-11-20(41)12-23(32)25(21)18-3-4-18/h5-8,11-13,18,41H,3-4,9-10,14-16H2,1-2H3/b6-5+. The van der Waals surface area contributed by atoms with E-state index >= 15 is 4.39 Å². The molecule has 0 bridgehead atoms. The predicted molar refractivity (Wildman–Crippen MR) is 161 cm³/mol. The Hall–Kier alpha value is -4.42. The molecule has 2 saturated heterocycles. The number of halogens is 2. The Bertz CT molecular complexity index is 1830. The molecule has 13 heteroatoms. The van der Waals surface area contributed by atoms with E-state index in [1.807, 2.05) is 9.80 Å². The van der Waals surface area contributed by atoms with Gasteiger partial charge >= 0.3 is 6.01 Å². The number of benzene rings is 1. The van der Waals surface area contributed by atoms with Gasteiger partial charge in [-0.2, -0.15) is 9.97 Å². The molecule has 7 rings (SSSR count). The molecule has 44 heavy (non-hydrogen) atoms. The maximum absolute atomic E-state index is 16.4. The Kier molecular flexibility index (Phi) is 7.05. The van der Waals surface area contributed by atoms with Crippen molar-refractivity contribution >= 4 is 40.3 Å². The van der Waals surface area contributed by atoms with E-state index in [-0.39, 0.29) is 34.8 Å². The van der Waals surface area contributed by atoms with Crippen LogP contribution < -0.4 is 9.64 Å². The summed E-state index contributed by atoms with van der Waals surface area (Å²) in [5.41, 5.74) is 1.36. The topological polar surface area (TPSA) is 127 Å². The predicted octanol–water partition coefficient (Wildman–Crippen LogP) is 4.31. The van der Waals surface area contributed by atoms with Gasteiger partial charge in [0, 0.05) is 48.7 Å². The van der Waals surface area contributed by atoms with Crippen molar-refractivity contribution in [2.75, 3.05) is 44.9 Å². The molecule has 3 fully saturated rings. The fraction of sp³-hybridized carbons (Fsp3) is 0.355. The highest BCUT2D eigenvalue weighted by molar-refractivity contribution is 6.32. The zero-order chi connectivity index (χ0) is 30.6. The largest absolute Gasteiger partial charge is 0.508 e. The summed E-state index contributed by atoms with van der Waals surface area (Å²) in [5, 5.41) is 11.1. The average molecular weight is 618 g/mol. The molecule has 1 aliphatic carbocycles. The highest BCUT2D eigenvalue weighted by Crippen LogP contribution is 2.49. The fourth-order valence-corrected chi connectivity index (χ4v) is 6.40. The van der Waals surface area contributed by atoms with Crippen LogP contribution in [0.15, 0.2) is 36.7 Å². The van der Waals surface area contributed by atoms with Gasteiger partial charge < -0.3 is 24.4 Å². The van der Waals surface area contributed by atoms with Crippen molar-refractivity contribution in [1.29, 1.82) is 0 Å². The lowest BCUT2D eigenvalue weighted by Gasteiger charge is -2.55. The second-order valence-electron chi connectivity index (χ2n) is 11.4. The van der Waals surface area contributed by atoms with Crippen molar-refractivity contribution in [2.24, 2.45) is 0 Å². The number of carbonyl (C=O) groups excluding carboxylic acids is 1. The van der Waals surface area contributed by atoms with Gasteiger partial charge in [-0.1, -0.05) is 11.6 Å². The van der Waals surface area contributed by atoms with Gasteiger partial charge in [0.1, 0.15) is 34.1 Å². The minimum absolute atomic E-state index is 0.000371. The Morgan fingerprint density at radius 2 is 2.02 bits per heavy atom. The SMILES string of the molecule is COc1nc(N2CCN(C(=O)/C=C/c3ccnc(C)n3)C3(COC3)C2)c2cnc(-c3cc(O)cc(Cl)c3C3CC3)c(F)c2n1. The molecule has 1 amide bonds. The molecule has 1 aromatic carbocycles. The number of hydrogen-bond donors (Lipinski definition) is 1. The van der Waals surface area contributed by atoms with Crippen LogP contribution in [0.25, 0.3) is 28.2 Å². The smallest absolute Gasteiger partial charge is 0.318 e. The van der Waals surface area contributed by atoms with Crippen molar-refractivity contribution in [1.82, 2.24) is 29.8 Å². The number of pyridine rings is 1. The lowest BCUT2D eigenvalue weighted by atomic mass is 9.91. The molecular weight excluding hydrogens is 589 g/mol. The third-order valence-corrected chi connectivity index (χ3v) is 8.65. The Morgan fingerprint density at radius 1 is 1.20 bits per heavy atom. The summed E-state index contributed by atoms with van der Waals surface area (Å²) in [6.45, 7) is 3.74. The number of aromatic hydroxyl groups is 1. The van der Waals surface area contributed by atoms with Gasteiger partial charge in [0.25, 0.3) is 0 Å². The average Bonchev–Trinajstić information content (AvgIpc) is 3.83. The van der Waals surface area contributed by atoms with Crippen LogP contribution >= 0.6 is 11.6 Å². The first-order valence-electron chi connectivity index (χ1n) is 14.3. The summed E-state index contributed by atoms with van der Waals surface area (Å²) in [6, 6.07) is 4.70. The first-order valence-corrected chi connectivity index (χ1v) is 14.7. The van der Waals surface area contributed by atoms with Crippen LogP contribution in [0.3, 0.4) is 0 Å². The molecule has 226 valence electrons. The number of hydrogen-bond acceptors (Lipinski definition) is 10. The van der Waals surface area contributed by atoms with Gasteiger partial charge in [-0.25, -0.2) is 14.4 Å². The number of piperazine rings is 1. The Morgan fingerprint density at radius 3 is 2.73 bits per heavy atom. The van der Waals surface area contributed by atoms with E-state index in [1.54, 1.807) is 31.5 Å². The number of rotatable bonds is 6. The molecule has 1 N–H and O–H groups in total. The van der Waals surface area contributed by atoms with Crippen molar-refractivity contribution in [3.8, 4) is 23.0 Å². The molecule has 11 nitrogen and oxygen atoms in total. The van der Waals surface area contributed by atoms with E-state index < -0.39 is 11.4 Å². The van der Waals surface area contributed by atoms with E-state index in [4.69, 9.17) is 21.1 Å². The van der Waals surface area contributed by atoms with Crippen molar-refractivity contribution < 1.29 is 23.8 Å². The zero-order valence-electron chi connectivity index (χ0n) is 24.1. The van der Waals surface area contributed by atoms with E-state index in [0.717, 1.165) is 18.4 Å². The van der Waals surface area contributed by atoms with Gasteiger partial charge in [-0.05, 0) is 55.5 Å². The highest BCUT2D eigenvalue weighted by Gasteiger charge is 2.50. The number of phenols is 1. The number of aryl methyl sites for hydroxylation is 1. The van der Waals surface area contributed by atoms with Crippen LogP contribution in [0, 0.1) is 12.7 Å². The third-order valence-electron chi connectivity index (χ3n) is 8.33. The van der Waals surface area contributed by atoms with Crippen LogP contribution in [-0.2, 0) is 9.53 Å². The summed E-state index contributed by atoms with van der Waals surface area (Å²) < 4.78 is 27.3. The molecule has 0 atom stereocenters. The highest BCUT2D eigenvalue weighted by atomic mass is 35.5. The van der Waals surface area contributed by atoms with Crippen molar-refractivity contribution in [3.05, 3.63) is 64.6 Å². The number of fused-ring (bicyclic) bond motifs is 1. The number of aromatic nitrogens is 5. The Labute approximate surface area is 257 Å². The van der Waals surface area contributed by atoms with Crippen LogP contribution in [0.4, 0.5) is 10.2 Å². The van der Waals surface area contributed by atoms with Crippen LogP contribution in [0.5, 0.6) is 11.8 Å². The van der Waals surface area contributed by atoms with Crippen molar-refractivity contribution in [3.63, 3.8) is 0 Å². The fourth-order valence-electron chi connectivity index (χ4n) is 6.03. The molecule has 3 aliphatic rings. The second-order valence-corrected chi connectivity index (χ2v) is 11.8. The van der Waals surface area contributed by atoms with Gasteiger partial charge in [0.05, 0.1) is 31.4 Å². The van der Waals surface area contributed by atoms with E-state index in [2.05, 4.69) is 24.9 Å². The normalized spacial score (nSPS) is 17.8. The maximum atomic E-state index is 16.4. The number of nitrogens with zero attached hydrogens (tertiary/aromatic N) is 7. The number of carbonyl (C=O) groups is 1. The molecular formula is C31H29ClFN7O4. The molecule has 1 saturated carbocycles. The Balaban J connectivity index is 1.23. The van der Waals surface area contributed by atoms with Crippen LogP contribution in [0.2, 0.25) is 5.02 Å².